The lowest BCUT2D eigenvalue weighted by Crippen LogP contribution is -2.35. The van der Waals surface area contributed by atoms with Gasteiger partial charge in [0.05, 0.1) is 4.92 Å². The molecular weight excluding hydrogens is 246 g/mol. The second kappa shape index (κ2) is 5.34. The Bertz CT molecular complexity index is 506. The minimum absolute atomic E-state index is 0.0379. The van der Waals surface area contributed by atoms with E-state index in [-0.39, 0.29) is 11.7 Å². The average molecular weight is 263 g/mol. The van der Waals surface area contributed by atoms with Crippen LogP contribution in [0, 0.1) is 17.0 Å². The minimum atomic E-state index is -0.425. The first kappa shape index (κ1) is 13.5. The Morgan fingerprint density at radius 2 is 2.05 bits per heavy atom. The summed E-state index contributed by atoms with van der Waals surface area (Å²) in [6.45, 7) is 1.71. The fourth-order valence-electron chi connectivity index (χ4n) is 2.42. The first-order chi connectivity index (χ1) is 8.99. The Morgan fingerprint density at radius 1 is 1.42 bits per heavy atom. The highest BCUT2D eigenvalue weighted by molar-refractivity contribution is 5.79. The summed E-state index contributed by atoms with van der Waals surface area (Å²) in [6.07, 6.45) is 4.18. The van der Waals surface area contributed by atoms with Crippen molar-refractivity contribution in [1.82, 2.24) is 4.98 Å². The molecule has 6 nitrogen and oxygen atoms in total. The van der Waals surface area contributed by atoms with E-state index in [1.54, 1.807) is 13.0 Å². The highest BCUT2D eigenvalue weighted by Gasteiger charge is 2.24. The smallest absolute Gasteiger partial charge is 0.290 e. The van der Waals surface area contributed by atoms with Gasteiger partial charge < -0.3 is 4.90 Å². The number of aryl methyl sites for hydroxylation is 1. The van der Waals surface area contributed by atoms with E-state index in [2.05, 4.69) is 4.98 Å². The van der Waals surface area contributed by atoms with Crippen molar-refractivity contribution in [2.45, 2.75) is 38.6 Å². The molecule has 1 saturated carbocycles. The number of nitrogens with zero attached hydrogens (tertiary/aromatic N) is 3. The van der Waals surface area contributed by atoms with Gasteiger partial charge in [-0.15, -0.1) is 0 Å². The molecule has 102 valence electrons. The summed E-state index contributed by atoms with van der Waals surface area (Å²) in [5, 5.41) is 10.8. The predicted molar refractivity (Wildman–Crippen MR) is 71.3 cm³/mol. The number of rotatable bonds is 3. The molecule has 0 unspecified atom stereocenters. The molecular formula is C13H17N3O3. The average Bonchev–Trinajstić information content (AvgIpc) is 2.38. The zero-order chi connectivity index (χ0) is 14.0. The molecule has 0 bridgehead atoms. The van der Waals surface area contributed by atoms with Crippen molar-refractivity contribution in [2.75, 3.05) is 11.9 Å². The molecule has 6 heteroatoms. The lowest BCUT2D eigenvalue weighted by Gasteiger charge is -2.31. The Morgan fingerprint density at radius 3 is 2.58 bits per heavy atom. The van der Waals surface area contributed by atoms with Gasteiger partial charge in [0.25, 0.3) is 5.69 Å². The van der Waals surface area contributed by atoms with Gasteiger partial charge in [-0.1, -0.05) is 0 Å². The maximum absolute atomic E-state index is 11.2. The molecule has 1 aromatic rings. The summed E-state index contributed by atoms with van der Waals surface area (Å²) >= 11 is 0. The van der Waals surface area contributed by atoms with E-state index in [1.807, 2.05) is 11.9 Å². The molecule has 1 fully saturated rings. The number of Topliss-reactive ketones (excluding diaryl/α,β-unsaturated/α-hetero) is 1. The summed E-state index contributed by atoms with van der Waals surface area (Å²) < 4.78 is 0. The number of hydrogen-bond acceptors (Lipinski definition) is 5. The van der Waals surface area contributed by atoms with Gasteiger partial charge in [-0.25, -0.2) is 4.98 Å². The van der Waals surface area contributed by atoms with Crippen molar-refractivity contribution in [3.63, 3.8) is 0 Å². The highest BCUT2D eigenvalue weighted by atomic mass is 16.6. The standard InChI is InChI=1S/C13H17N3O3/c1-9-7-13(14-8-12(9)16(18)19)15(2)10-3-5-11(17)6-4-10/h7-8,10H,3-6H2,1-2H3. The minimum Gasteiger partial charge on any atom is -0.357 e. The van der Waals surface area contributed by atoms with Gasteiger partial charge in [-0.3, -0.25) is 14.9 Å². The summed E-state index contributed by atoms with van der Waals surface area (Å²) in [7, 11) is 1.92. The molecule has 1 aromatic heterocycles. The van der Waals surface area contributed by atoms with Gasteiger partial charge in [0, 0.05) is 31.5 Å². The number of carbonyl (C=O) groups is 1. The Balaban J connectivity index is 2.15. The number of hydrogen-bond donors (Lipinski definition) is 0. The monoisotopic (exact) mass is 263 g/mol. The predicted octanol–water partition coefficient (Wildman–Crippen LogP) is 2.25. The lowest BCUT2D eigenvalue weighted by atomic mass is 9.93. The van der Waals surface area contributed by atoms with Crippen LogP contribution in [-0.2, 0) is 4.79 Å². The molecule has 0 atom stereocenters. The second-order valence-corrected chi connectivity index (χ2v) is 4.97. The van der Waals surface area contributed by atoms with Crippen molar-refractivity contribution in [3.05, 3.63) is 27.9 Å². The van der Waals surface area contributed by atoms with Crippen LogP contribution in [0.2, 0.25) is 0 Å². The molecule has 1 aliphatic carbocycles. The molecule has 0 radical (unpaired) electrons. The summed E-state index contributed by atoms with van der Waals surface area (Å²) in [6, 6.07) is 2.01. The number of aromatic nitrogens is 1. The third kappa shape index (κ3) is 2.89. The van der Waals surface area contributed by atoms with E-state index >= 15 is 0 Å². The quantitative estimate of drug-likeness (QED) is 0.617. The number of carbonyl (C=O) groups excluding carboxylic acids is 1. The topological polar surface area (TPSA) is 76.3 Å². The first-order valence-corrected chi connectivity index (χ1v) is 6.34. The summed E-state index contributed by atoms with van der Waals surface area (Å²) in [4.78, 5) is 27.7. The molecule has 0 amide bonds. The Kier molecular flexibility index (Phi) is 3.78. The van der Waals surface area contributed by atoms with Crippen LogP contribution in [0.3, 0.4) is 0 Å². The van der Waals surface area contributed by atoms with Crippen molar-refractivity contribution in [3.8, 4) is 0 Å². The largest absolute Gasteiger partial charge is 0.357 e. The van der Waals surface area contributed by atoms with Crippen LogP contribution in [0.15, 0.2) is 12.3 Å². The molecule has 0 aromatic carbocycles. The van der Waals surface area contributed by atoms with Gasteiger partial charge in [-0.2, -0.15) is 0 Å². The van der Waals surface area contributed by atoms with Crippen LogP contribution in [-0.4, -0.2) is 28.8 Å². The zero-order valence-electron chi connectivity index (χ0n) is 11.1. The molecule has 0 spiro atoms. The van der Waals surface area contributed by atoms with Crippen molar-refractivity contribution in [2.24, 2.45) is 0 Å². The van der Waals surface area contributed by atoms with E-state index in [1.165, 1.54) is 6.20 Å². The summed E-state index contributed by atoms with van der Waals surface area (Å²) in [5.74, 6) is 1.04. The van der Waals surface area contributed by atoms with Gasteiger partial charge in [0.1, 0.15) is 17.8 Å². The SMILES string of the molecule is Cc1cc(N(C)C2CCC(=O)CC2)ncc1[N+](=O)[O-]. The van der Waals surface area contributed by atoms with Crippen LogP contribution in [0.25, 0.3) is 0 Å². The fourth-order valence-corrected chi connectivity index (χ4v) is 2.42. The van der Waals surface area contributed by atoms with Crippen molar-refractivity contribution >= 4 is 17.3 Å². The maximum atomic E-state index is 11.2. The van der Waals surface area contributed by atoms with E-state index < -0.39 is 4.92 Å². The number of ketones is 1. The van der Waals surface area contributed by atoms with Gasteiger partial charge in [0.2, 0.25) is 0 Å². The number of nitro groups is 1. The third-order valence-electron chi connectivity index (χ3n) is 3.69. The maximum Gasteiger partial charge on any atom is 0.290 e. The van der Waals surface area contributed by atoms with Crippen molar-refractivity contribution in [1.29, 1.82) is 0 Å². The Hall–Kier alpha value is -1.98. The fraction of sp³-hybridized carbons (Fsp3) is 0.538. The molecule has 0 N–H and O–H groups in total. The zero-order valence-corrected chi connectivity index (χ0v) is 11.1. The van der Waals surface area contributed by atoms with Crippen LogP contribution < -0.4 is 4.90 Å². The van der Waals surface area contributed by atoms with E-state index in [0.29, 0.717) is 24.2 Å². The normalized spacial score (nSPS) is 16.4. The van der Waals surface area contributed by atoms with Crippen molar-refractivity contribution < 1.29 is 9.72 Å². The lowest BCUT2D eigenvalue weighted by molar-refractivity contribution is -0.385. The molecule has 19 heavy (non-hydrogen) atoms. The first-order valence-electron chi connectivity index (χ1n) is 6.34. The third-order valence-corrected chi connectivity index (χ3v) is 3.69. The number of anilines is 1. The van der Waals surface area contributed by atoms with Crippen LogP contribution >= 0.6 is 0 Å². The van der Waals surface area contributed by atoms with Gasteiger partial charge in [0.15, 0.2) is 0 Å². The molecule has 0 saturated heterocycles. The summed E-state index contributed by atoms with van der Waals surface area (Å²) in [5.41, 5.74) is 0.643. The molecule has 1 aliphatic rings. The molecule has 0 aliphatic heterocycles. The highest BCUT2D eigenvalue weighted by Crippen LogP contribution is 2.26. The molecule has 2 rings (SSSR count). The van der Waals surface area contributed by atoms with Crippen LogP contribution in [0.4, 0.5) is 11.5 Å². The van der Waals surface area contributed by atoms with Gasteiger partial charge >= 0.3 is 0 Å². The van der Waals surface area contributed by atoms with Crippen LogP contribution in [0.5, 0.6) is 0 Å². The van der Waals surface area contributed by atoms with Crippen LogP contribution in [0.1, 0.15) is 31.2 Å². The molecule has 1 heterocycles. The van der Waals surface area contributed by atoms with Gasteiger partial charge in [-0.05, 0) is 25.8 Å². The van der Waals surface area contributed by atoms with E-state index in [9.17, 15) is 14.9 Å². The van der Waals surface area contributed by atoms with E-state index in [0.717, 1.165) is 18.7 Å². The second-order valence-electron chi connectivity index (χ2n) is 4.97. The Labute approximate surface area is 111 Å². The number of pyridine rings is 1. The van der Waals surface area contributed by atoms with E-state index in [4.69, 9.17) is 0 Å².